The lowest BCUT2D eigenvalue weighted by Gasteiger charge is -1.94. The van der Waals surface area contributed by atoms with Crippen LogP contribution in [0.25, 0.3) is 21.9 Å². The van der Waals surface area contributed by atoms with Gasteiger partial charge in [-0.25, -0.2) is 4.98 Å². The fourth-order valence-corrected chi connectivity index (χ4v) is 3.17. The van der Waals surface area contributed by atoms with Gasteiger partial charge in [0.1, 0.15) is 10.6 Å². The van der Waals surface area contributed by atoms with Crippen LogP contribution in [0.2, 0.25) is 9.62 Å². The van der Waals surface area contributed by atoms with Crippen molar-refractivity contribution in [2.45, 2.75) is 0 Å². The Balaban J connectivity index is 1.99. The van der Waals surface area contributed by atoms with E-state index >= 15 is 0 Å². The number of rotatable bonds is 2. The smallest absolute Gasteiger partial charge is 0.185 e. The molecular formula is C12H5BrCl2N2OS. The molecule has 3 rings (SSSR count). The Morgan fingerprint density at radius 1 is 1.16 bits per heavy atom. The molecule has 2 heterocycles. The van der Waals surface area contributed by atoms with Crippen molar-refractivity contribution in [3.63, 3.8) is 0 Å². The molecule has 0 fully saturated rings. The molecule has 7 heteroatoms. The van der Waals surface area contributed by atoms with Gasteiger partial charge in [0.2, 0.25) is 0 Å². The Kier molecular flexibility index (Phi) is 3.62. The van der Waals surface area contributed by atoms with Gasteiger partial charge in [0.15, 0.2) is 15.4 Å². The summed E-state index contributed by atoms with van der Waals surface area (Å²) in [4.78, 5) is 4.62. The highest BCUT2D eigenvalue weighted by atomic mass is 79.9. The summed E-state index contributed by atoms with van der Waals surface area (Å²) in [7, 11) is 0. The van der Waals surface area contributed by atoms with E-state index in [2.05, 4.69) is 26.1 Å². The van der Waals surface area contributed by atoms with Gasteiger partial charge in [-0.15, -0.1) is 0 Å². The molecule has 3 nitrogen and oxygen atoms in total. The Hall–Kier alpha value is -0.880. The fourth-order valence-electron chi connectivity index (χ4n) is 1.57. The first-order valence-corrected chi connectivity index (χ1v) is 7.55. The van der Waals surface area contributed by atoms with Crippen LogP contribution in [0.4, 0.5) is 0 Å². The average molecular weight is 376 g/mol. The van der Waals surface area contributed by atoms with E-state index in [1.807, 2.05) is 30.3 Å². The number of thiazole rings is 1. The summed E-state index contributed by atoms with van der Waals surface area (Å²) in [6.07, 6.45) is 0. The van der Waals surface area contributed by atoms with Crippen LogP contribution in [0, 0.1) is 0 Å². The van der Waals surface area contributed by atoms with Gasteiger partial charge >= 0.3 is 0 Å². The standard InChI is InChI=1S/C12H5BrCl2N2OS/c13-7-3-1-6(2-4-7)8-5-9(18-17-8)10-11(14)16-12(15)19-10/h1-5H. The second kappa shape index (κ2) is 5.25. The van der Waals surface area contributed by atoms with Crippen LogP contribution < -0.4 is 0 Å². The summed E-state index contributed by atoms with van der Waals surface area (Å²) >= 11 is 16.4. The van der Waals surface area contributed by atoms with Gasteiger partial charge in [0.25, 0.3) is 0 Å². The van der Waals surface area contributed by atoms with Crippen LogP contribution in [0.1, 0.15) is 0 Å². The molecule has 0 saturated heterocycles. The lowest BCUT2D eigenvalue weighted by atomic mass is 10.1. The van der Waals surface area contributed by atoms with Gasteiger partial charge in [-0.2, -0.15) is 0 Å². The van der Waals surface area contributed by atoms with E-state index < -0.39 is 0 Å². The number of aromatic nitrogens is 2. The van der Waals surface area contributed by atoms with Crippen LogP contribution in [0.5, 0.6) is 0 Å². The van der Waals surface area contributed by atoms with Gasteiger partial charge in [-0.1, -0.05) is 67.8 Å². The van der Waals surface area contributed by atoms with Crippen LogP contribution in [-0.2, 0) is 0 Å². The third kappa shape index (κ3) is 2.69. The van der Waals surface area contributed by atoms with E-state index in [9.17, 15) is 0 Å². The molecule has 96 valence electrons. The summed E-state index contributed by atoms with van der Waals surface area (Å²) < 4.78 is 6.68. The monoisotopic (exact) mass is 374 g/mol. The van der Waals surface area contributed by atoms with E-state index in [0.717, 1.165) is 15.7 Å². The van der Waals surface area contributed by atoms with Crippen molar-refractivity contribution in [1.29, 1.82) is 0 Å². The van der Waals surface area contributed by atoms with Crippen molar-refractivity contribution in [3.8, 4) is 21.9 Å². The molecule has 0 saturated carbocycles. The molecule has 0 atom stereocenters. The number of halogens is 3. The van der Waals surface area contributed by atoms with Crippen LogP contribution >= 0.6 is 50.5 Å². The molecule has 0 N–H and O–H groups in total. The van der Waals surface area contributed by atoms with Crippen LogP contribution in [0.15, 0.2) is 39.3 Å². The van der Waals surface area contributed by atoms with Crippen molar-refractivity contribution < 1.29 is 4.52 Å². The molecule has 0 aliphatic rings. The minimum atomic E-state index is 0.327. The number of hydrogen-bond acceptors (Lipinski definition) is 4. The second-order valence-electron chi connectivity index (χ2n) is 3.67. The van der Waals surface area contributed by atoms with Crippen LogP contribution in [0.3, 0.4) is 0 Å². The second-order valence-corrected chi connectivity index (χ2v) is 6.52. The molecular weight excluding hydrogens is 371 g/mol. The molecule has 0 bridgehead atoms. The van der Waals surface area contributed by atoms with E-state index in [-0.39, 0.29) is 0 Å². The van der Waals surface area contributed by atoms with Crippen molar-refractivity contribution in [1.82, 2.24) is 10.1 Å². The Bertz CT molecular complexity index is 724. The first-order valence-electron chi connectivity index (χ1n) is 5.18. The Labute approximate surface area is 131 Å². The highest BCUT2D eigenvalue weighted by Gasteiger charge is 2.16. The molecule has 0 radical (unpaired) electrons. The average Bonchev–Trinajstić information content (AvgIpc) is 2.97. The zero-order valence-electron chi connectivity index (χ0n) is 9.23. The topological polar surface area (TPSA) is 38.9 Å². The zero-order chi connectivity index (χ0) is 13.4. The number of nitrogens with zero attached hydrogens (tertiary/aromatic N) is 2. The molecule has 0 spiro atoms. The highest BCUT2D eigenvalue weighted by Crippen LogP contribution is 2.37. The third-order valence-electron chi connectivity index (χ3n) is 2.43. The molecule has 2 aromatic heterocycles. The maximum Gasteiger partial charge on any atom is 0.185 e. The van der Waals surface area contributed by atoms with E-state index in [1.165, 1.54) is 11.3 Å². The van der Waals surface area contributed by atoms with Crippen molar-refractivity contribution in [2.75, 3.05) is 0 Å². The summed E-state index contributed by atoms with van der Waals surface area (Å²) in [5.74, 6) is 0.562. The predicted octanol–water partition coefficient (Wildman–Crippen LogP) is 5.53. The molecule has 0 aliphatic carbocycles. The van der Waals surface area contributed by atoms with Crippen LogP contribution in [-0.4, -0.2) is 10.1 Å². The van der Waals surface area contributed by atoms with E-state index in [0.29, 0.717) is 20.3 Å². The first-order chi connectivity index (χ1) is 9.13. The van der Waals surface area contributed by atoms with E-state index in [4.69, 9.17) is 27.7 Å². The Morgan fingerprint density at radius 3 is 2.53 bits per heavy atom. The number of hydrogen-bond donors (Lipinski definition) is 0. The maximum atomic E-state index is 5.98. The molecule has 1 aromatic carbocycles. The summed E-state index contributed by atoms with van der Waals surface area (Å²) in [6, 6.07) is 9.61. The first kappa shape index (κ1) is 13.1. The predicted molar refractivity (Wildman–Crippen MR) is 80.8 cm³/mol. The van der Waals surface area contributed by atoms with Crippen molar-refractivity contribution in [3.05, 3.63) is 44.4 Å². The van der Waals surface area contributed by atoms with Gasteiger partial charge in [0.05, 0.1) is 0 Å². The molecule has 0 amide bonds. The maximum absolute atomic E-state index is 5.98. The minimum Gasteiger partial charge on any atom is -0.355 e. The van der Waals surface area contributed by atoms with Crippen molar-refractivity contribution >= 4 is 50.5 Å². The minimum absolute atomic E-state index is 0.327. The Morgan fingerprint density at radius 2 is 1.89 bits per heavy atom. The fraction of sp³-hybridized carbons (Fsp3) is 0. The normalized spacial score (nSPS) is 10.9. The molecule has 3 aromatic rings. The highest BCUT2D eigenvalue weighted by molar-refractivity contribution is 9.10. The number of benzene rings is 1. The van der Waals surface area contributed by atoms with Gasteiger partial charge < -0.3 is 4.52 Å². The molecule has 0 aliphatic heterocycles. The molecule has 19 heavy (non-hydrogen) atoms. The third-order valence-corrected chi connectivity index (χ3v) is 4.52. The SMILES string of the molecule is Clc1nc(Cl)c(-c2cc(-c3ccc(Br)cc3)no2)s1. The summed E-state index contributed by atoms with van der Waals surface area (Å²) in [5.41, 5.74) is 1.70. The quantitative estimate of drug-likeness (QED) is 0.590. The zero-order valence-corrected chi connectivity index (χ0v) is 13.1. The largest absolute Gasteiger partial charge is 0.355 e. The van der Waals surface area contributed by atoms with E-state index in [1.54, 1.807) is 0 Å². The lowest BCUT2D eigenvalue weighted by Crippen LogP contribution is -1.75. The lowest BCUT2D eigenvalue weighted by molar-refractivity contribution is 0.436. The summed E-state index contributed by atoms with van der Waals surface area (Å²) in [5, 5.41) is 4.36. The van der Waals surface area contributed by atoms with Gasteiger partial charge in [-0.05, 0) is 12.1 Å². The van der Waals surface area contributed by atoms with Gasteiger partial charge in [0, 0.05) is 16.1 Å². The van der Waals surface area contributed by atoms with Crippen molar-refractivity contribution in [2.24, 2.45) is 0 Å². The molecule has 0 unspecified atom stereocenters. The summed E-state index contributed by atoms with van der Waals surface area (Å²) in [6.45, 7) is 0. The van der Waals surface area contributed by atoms with Gasteiger partial charge in [-0.3, -0.25) is 0 Å².